The summed E-state index contributed by atoms with van der Waals surface area (Å²) in [5.74, 6) is 0.413. The van der Waals surface area contributed by atoms with Crippen molar-refractivity contribution in [1.29, 1.82) is 0 Å². The van der Waals surface area contributed by atoms with Crippen molar-refractivity contribution in [3.05, 3.63) is 65.9 Å². The number of alkyl halides is 3. The molecule has 0 aliphatic carbocycles. The van der Waals surface area contributed by atoms with Crippen LogP contribution in [0.25, 0.3) is 10.9 Å². The lowest BCUT2D eigenvalue weighted by Crippen LogP contribution is -2.55. The van der Waals surface area contributed by atoms with Crippen molar-refractivity contribution in [2.75, 3.05) is 38.2 Å². The predicted molar refractivity (Wildman–Crippen MR) is 122 cm³/mol. The maximum Gasteiger partial charge on any atom is 0.433 e. The van der Waals surface area contributed by atoms with Gasteiger partial charge in [-0.15, -0.1) is 0 Å². The van der Waals surface area contributed by atoms with Gasteiger partial charge < -0.3 is 9.64 Å². The monoisotopic (exact) mass is 457 g/mol. The van der Waals surface area contributed by atoms with Gasteiger partial charge in [-0.25, -0.2) is 4.98 Å². The van der Waals surface area contributed by atoms with Crippen molar-refractivity contribution in [1.82, 2.24) is 9.88 Å². The average Bonchev–Trinajstić information content (AvgIpc) is 2.79. The topological polar surface area (TPSA) is 45.7 Å². The standard InChI is InChI=1S/C25H26F3N3O2/c1-17(32)15-30-12-13-31(16-19(30)14-18-6-4-3-5-7-18)21-9-10-22(33-2)24-20(21)8-11-23(29-24)25(26,27)28/h3-11,19H,12-16H2,1-2H3/t19-/m0/s1. The second-order valence-electron chi connectivity index (χ2n) is 8.34. The first-order chi connectivity index (χ1) is 15.8. The molecule has 0 amide bonds. The SMILES string of the molecule is COc1ccc(N2CCN(CC(C)=O)[C@@H](Cc3ccccc3)C2)c2ccc(C(F)(F)F)nc12. The van der Waals surface area contributed by atoms with Crippen LogP contribution >= 0.6 is 0 Å². The van der Waals surface area contributed by atoms with Crippen molar-refractivity contribution in [3.8, 4) is 5.75 Å². The van der Waals surface area contributed by atoms with E-state index in [1.165, 1.54) is 18.7 Å². The number of halogens is 3. The molecule has 8 heteroatoms. The van der Waals surface area contributed by atoms with E-state index in [9.17, 15) is 18.0 Å². The highest BCUT2D eigenvalue weighted by Crippen LogP contribution is 2.37. The molecule has 4 rings (SSSR count). The number of methoxy groups -OCH3 is 1. The number of benzene rings is 2. The Hall–Kier alpha value is -3.13. The van der Waals surface area contributed by atoms with E-state index >= 15 is 0 Å². The van der Waals surface area contributed by atoms with E-state index in [0.717, 1.165) is 18.2 Å². The molecule has 33 heavy (non-hydrogen) atoms. The van der Waals surface area contributed by atoms with Crippen LogP contribution in [0, 0.1) is 0 Å². The van der Waals surface area contributed by atoms with Crippen LogP contribution < -0.4 is 9.64 Å². The maximum atomic E-state index is 13.3. The van der Waals surface area contributed by atoms with Crippen LogP contribution in [0.4, 0.5) is 18.9 Å². The Balaban J connectivity index is 1.69. The van der Waals surface area contributed by atoms with E-state index in [1.54, 1.807) is 13.0 Å². The molecule has 0 spiro atoms. The normalized spacial score (nSPS) is 17.4. The zero-order valence-corrected chi connectivity index (χ0v) is 18.6. The minimum atomic E-state index is -4.53. The second kappa shape index (κ2) is 9.39. The van der Waals surface area contributed by atoms with Crippen molar-refractivity contribution < 1.29 is 22.7 Å². The zero-order valence-electron chi connectivity index (χ0n) is 18.6. The number of pyridine rings is 1. The Morgan fingerprint density at radius 1 is 1.09 bits per heavy atom. The number of nitrogens with zero attached hydrogens (tertiary/aromatic N) is 3. The maximum absolute atomic E-state index is 13.3. The highest BCUT2D eigenvalue weighted by molar-refractivity contribution is 5.96. The fourth-order valence-corrected chi connectivity index (χ4v) is 4.46. The number of carbonyl (C=O) groups excluding carboxylic acids is 1. The van der Waals surface area contributed by atoms with Gasteiger partial charge in [-0.3, -0.25) is 9.69 Å². The number of ketones is 1. The minimum absolute atomic E-state index is 0.0876. The Labute approximate surface area is 190 Å². The highest BCUT2D eigenvalue weighted by Gasteiger charge is 2.34. The van der Waals surface area contributed by atoms with Crippen LogP contribution in [0.3, 0.4) is 0 Å². The van der Waals surface area contributed by atoms with E-state index in [0.29, 0.717) is 37.3 Å². The summed E-state index contributed by atoms with van der Waals surface area (Å²) in [5.41, 5.74) is 1.23. The molecule has 1 aliphatic heterocycles. The van der Waals surface area contributed by atoms with Gasteiger partial charge in [0, 0.05) is 36.7 Å². The van der Waals surface area contributed by atoms with E-state index in [2.05, 4.69) is 26.9 Å². The van der Waals surface area contributed by atoms with Gasteiger partial charge in [-0.05, 0) is 43.2 Å². The summed E-state index contributed by atoms with van der Waals surface area (Å²) >= 11 is 0. The van der Waals surface area contributed by atoms with Gasteiger partial charge in [0.1, 0.15) is 22.7 Å². The first-order valence-electron chi connectivity index (χ1n) is 10.8. The van der Waals surface area contributed by atoms with Gasteiger partial charge in [0.15, 0.2) is 0 Å². The Morgan fingerprint density at radius 2 is 1.85 bits per heavy atom. The molecule has 2 aromatic carbocycles. The molecule has 5 nitrogen and oxygen atoms in total. The zero-order chi connectivity index (χ0) is 23.6. The van der Waals surface area contributed by atoms with Gasteiger partial charge in [0.25, 0.3) is 0 Å². The second-order valence-corrected chi connectivity index (χ2v) is 8.34. The lowest BCUT2D eigenvalue weighted by Gasteiger charge is -2.42. The number of anilines is 1. The van der Waals surface area contributed by atoms with Gasteiger partial charge in [-0.2, -0.15) is 13.2 Å². The number of hydrogen-bond donors (Lipinski definition) is 0. The molecule has 1 aromatic heterocycles. The first-order valence-corrected chi connectivity index (χ1v) is 10.8. The summed E-state index contributed by atoms with van der Waals surface area (Å²) in [5, 5.41) is 0.612. The highest BCUT2D eigenvalue weighted by atomic mass is 19.4. The Kier molecular flexibility index (Phi) is 6.56. The van der Waals surface area contributed by atoms with Crippen LogP contribution in [-0.2, 0) is 17.4 Å². The number of rotatable bonds is 6. The molecule has 0 N–H and O–H groups in total. The van der Waals surface area contributed by atoms with Gasteiger partial charge in [0.2, 0.25) is 0 Å². The molecular formula is C25H26F3N3O2. The Morgan fingerprint density at radius 3 is 2.52 bits per heavy atom. The van der Waals surface area contributed by atoms with Crippen molar-refractivity contribution in [2.24, 2.45) is 0 Å². The summed E-state index contributed by atoms with van der Waals surface area (Å²) in [7, 11) is 1.42. The van der Waals surface area contributed by atoms with Crippen LogP contribution in [0.5, 0.6) is 5.75 Å². The number of carbonyl (C=O) groups is 1. The molecule has 1 saturated heterocycles. The lowest BCUT2D eigenvalue weighted by atomic mass is 10.0. The number of piperazine rings is 1. The summed E-state index contributed by atoms with van der Waals surface area (Å²) in [6, 6.07) is 16.2. The minimum Gasteiger partial charge on any atom is -0.494 e. The summed E-state index contributed by atoms with van der Waals surface area (Å²) in [4.78, 5) is 20.1. The summed E-state index contributed by atoms with van der Waals surface area (Å²) in [6.07, 6.45) is -3.76. The molecule has 3 aromatic rings. The third-order valence-corrected chi connectivity index (χ3v) is 5.99. The molecule has 0 radical (unpaired) electrons. The molecular weight excluding hydrogens is 431 g/mol. The third kappa shape index (κ3) is 5.11. The fraction of sp³-hybridized carbons (Fsp3) is 0.360. The van der Waals surface area contributed by atoms with Crippen molar-refractivity contribution in [3.63, 3.8) is 0 Å². The number of Topliss-reactive ketones (excluding diaryl/α,β-unsaturated/α-hetero) is 1. The molecule has 174 valence electrons. The largest absolute Gasteiger partial charge is 0.494 e. The lowest BCUT2D eigenvalue weighted by molar-refractivity contribution is -0.141. The van der Waals surface area contributed by atoms with E-state index in [1.807, 2.05) is 24.3 Å². The number of ether oxygens (including phenoxy) is 1. The number of aromatic nitrogens is 1. The Bertz CT molecular complexity index is 1130. The summed E-state index contributed by atoms with van der Waals surface area (Å²) < 4.78 is 45.1. The van der Waals surface area contributed by atoms with Crippen LogP contribution in [0.2, 0.25) is 0 Å². The van der Waals surface area contributed by atoms with Crippen LogP contribution in [0.1, 0.15) is 18.2 Å². The van der Waals surface area contributed by atoms with E-state index < -0.39 is 11.9 Å². The first kappa shape index (κ1) is 23.0. The van der Waals surface area contributed by atoms with Crippen LogP contribution in [-0.4, -0.2) is 55.0 Å². The summed E-state index contributed by atoms with van der Waals surface area (Å²) in [6.45, 7) is 3.95. The third-order valence-electron chi connectivity index (χ3n) is 5.99. The molecule has 2 heterocycles. The van der Waals surface area contributed by atoms with Crippen molar-refractivity contribution >= 4 is 22.4 Å². The molecule has 1 atom stereocenters. The molecule has 1 fully saturated rings. The van der Waals surface area contributed by atoms with E-state index in [-0.39, 0.29) is 17.3 Å². The van der Waals surface area contributed by atoms with E-state index in [4.69, 9.17) is 4.74 Å². The predicted octanol–water partition coefficient (Wildman–Crippen LogP) is 4.58. The molecule has 0 saturated carbocycles. The molecule has 1 aliphatic rings. The average molecular weight is 457 g/mol. The number of hydrogen-bond acceptors (Lipinski definition) is 5. The number of fused-ring (bicyclic) bond motifs is 1. The van der Waals surface area contributed by atoms with Crippen LogP contribution in [0.15, 0.2) is 54.6 Å². The molecule has 0 bridgehead atoms. The van der Waals surface area contributed by atoms with Gasteiger partial charge in [-0.1, -0.05) is 30.3 Å². The fourth-order valence-electron chi connectivity index (χ4n) is 4.46. The molecule has 0 unspecified atom stereocenters. The smallest absolute Gasteiger partial charge is 0.433 e. The quantitative estimate of drug-likeness (QED) is 0.542. The van der Waals surface area contributed by atoms with Crippen molar-refractivity contribution in [2.45, 2.75) is 25.6 Å². The van der Waals surface area contributed by atoms with Gasteiger partial charge >= 0.3 is 6.18 Å². The van der Waals surface area contributed by atoms with Gasteiger partial charge in [0.05, 0.1) is 13.7 Å².